The molecule has 2 unspecified atom stereocenters. The van der Waals surface area contributed by atoms with Crippen LogP contribution in [-0.2, 0) is 15.9 Å². The predicted octanol–water partition coefficient (Wildman–Crippen LogP) is 2.34. The summed E-state index contributed by atoms with van der Waals surface area (Å²) in [6.07, 6.45) is 1.30. The van der Waals surface area contributed by atoms with E-state index in [0.717, 1.165) is 0 Å². The quantitative estimate of drug-likeness (QED) is 0.911. The summed E-state index contributed by atoms with van der Waals surface area (Å²) in [6, 6.07) is 4.12. The fourth-order valence-corrected chi connectivity index (χ4v) is 5.41. The highest BCUT2D eigenvalue weighted by Crippen LogP contribution is 2.52. The summed E-state index contributed by atoms with van der Waals surface area (Å²) in [5, 5.41) is 5.57. The molecule has 3 rings (SSSR count). The van der Waals surface area contributed by atoms with Gasteiger partial charge in [-0.25, -0.2) is 9.53 Å². The minimum Gasteiger partial charge on any atom is -0.496 e. The van der Waals surface area contributed by atoms with Gasteiger partial charge < -0.3 is 4.74 Å². The van der Waals surface area contributed by atoms with E-state index in [9.17, 15) is 8.42 Å². The van der Waals surface area contributed by atoms with Crippen LogP contribution in [0.3, 0.4) is 0 Å². The van der Waals surface area contributed by atoms with Crippen LogP contribution in [0.4, 0.5) is 4.39 Å². The smallest absolute Gasteiger partial charge is 0.277 e. The minimum atomic E-state index is -3.82. The van der Waals surface area contributed by atoms with Crippen LogP contribution in [0.2, 0.25) is 5.02 Å². The standard InChI is InChI=1S/C14H18ClFN2O3S/c1-21-12-4-2-3-11(15)13(12)14(16)7-9-5-6-10(8-14)18(9)22(17,19)20/h2-4,9-10H,5-8H2,1H3,(H2,17,19,20). The summed E-state index contributed by atoms with van der Waals surface area (Å²) >= 11 is 6.20. The van der Waals surface area contributed by atoms with E-state index in [1.807, 2.05) is 0 Å². The molecule has 0 amide bonds. The van der Waals surface area contributed by atoms with Crippen molar-refractivity contribution in [2.75, 3.05) is 7.11 Å². The molecule has 122 valence electrons. The van der Waals surface area contributed by atoms with E-state index in [1.165, 1.54) is 11.4 Å². The lowest BCUT2D eigenvalue weighted by Crippen LogP contribution is -2.52. The van der Waals surface area contributed by atoms with Crippen molar-refractivity contribution in [1.82, 2.24) is 4.31 Å². The van der Waals surface area contributed by atoms with E-state index in [-0.39, 0.29) is 12.8 Å². The number of benzene rings is 1. The third kappa shape index (κ3) is 2.50. The number of piperidine rings is 1. The van der Waals surface area contributed by atoms with Crippen molar-refractivity contribution < 1.29 is 17.5 Å². The summed E-state index contributed by atoms with van der Waals surface area (Å²) in [5.74, 6) is 0.387. The van der Waals surface area contributed by atoms with Crippen molar-refractivity contribution in [3.63, 3.8) is 0 Å². The second-order valence-electron chi connectivity index (χ2n) is 5.95. The first-order chi connectivity index (χ1) is 10.3. The van der Waals surface area contributed by atoms with Crippen molar-refractivity contribution in [3.05, 3.63) is 28.8 Å². The molecule has 0 saturated carbocycles. The Balaban J connectivity index is 2.02. The van der Waals surface area contributed by atoms with Gasteiger partial charge in [0.05, 0.1) is 12.1 Å². The van der Waals surface area contributed by atoms with Gasteiger partial charge in [0, 0.05) is 30.5 Å². The van der Waals surface area contributed by atoms with Gasteiger partial charge in [0.2, 0.25) is 0 Å². The number of fused-ring (bicyclic) bond motifs is 2. The van der Waals surface area contributed by atoms with E-state index in [1.54, 1.807) is 18.2 Å². The molecule has 0 aliphatic carbocycles. The average Bonchev–Trinajstić information content (AvgIpc) is 2.72. The lowest BCUT2D eigenvalue weighted by molar-refractivity contribution is 0.0460. The Morgan fingerprint density at radius 3 is 2.45 bits per heavy atom. The van der Waals surface area contributed by atoms with Gasteiger partial charge in [0.25, 0.3) is 10.2 Å². The molecule has 2 saturated heterocycles. The van der Waals surface area contributed by atoms with Crippen LogP contribution in [-0.4, -0.2) is 31.9 Å². The number of methoxy groups -OCH3 is 1. The fourth-order valence-electron chi connectivity index (χ4n) is 3.88. The molecule has 8 heteroatoms. The molecule has 2 bridgehead atoms. The number of rotatable bonds is 3. The Morgan fingerprint density at radius 2 is 1.95 bits per heavy atom. The number of ether oxygens (including phenoxy) is 1. The lowest BCUT2D eigenvalue weighted by Gasteiger charge is -2.41. The van der Waals surface area contributed by atoms with Gasteiger partial charge in [-0.3, -0.25) is 0 Å². The Morgan fingerprint density at radius 1 is 1.36 bits per heavy atom. The summed E-state index contributed by atoms with van der Waals surface area (Å²) in [6.45, 7) is 0. The molecular weight excluding hydrogens is 331 g/mol. The number of halogens is 2. The topological polar surface area (TPSA) is 72.6 Å². The first-order valence-corrected chi connectivity index (χ1v) is 8.97. The third-order valence-electron chi connectivity index (χ3n) is 4.61. The maximum atomic E-state index is 15.7. The highest BCUT2D eigenvalue weighted by atomic mass is 35.5. The normalized spacial score (nSPS) is 32.2. The van der Waals surface area contributed by atoms with Crippen LogP contribution in [0.25, 0.3) is 0 Å². The highest BCUT2D eigenvalue weighted by Gasteiger charge is 2.54. The molecule has 0 spiro atoms. The third-order valence-corrected chi connectivity index (χ3v) is 6.11. The first kappa shape index (κ1) is 16.0. The summed E-state index contributed by atoms with van der Waals surface area (Å²) in [4.78, 5) is 0. The predicted molar refractivity (Wildman–Crippen MR) is 81.8 cm³/mol. The molecule has 1 aromatic carbocycles. The van der Waals surface area contributed by atoms with Crippen molar-refractivity contribution in [3.8, 4) is 5.75 Å². The first-order valence-electron chi connectivity index (χ1n) is 7.09. The Labute approximate surface area is 134 Å². The van der Waals surface area contributed by atoms with E-state index in [0.29, 0.717) is 29.2 Å². The molecule has 1 aromatic rings. The molecule has 22 heavy (non-hydrogen) atoms. The zero-order chi connectivity index (χ0) is 16.1. The van der Waals surface area contributed by atoms with Crippen LogP contribution in [0.15, 0.2) is 18.2 Å². The molecule has 2 heterocycles. The fraction of sp³-hybridized carbons (Fsp3) is 0.571. The van der Waals surface area contributed by atoms with E-state index < -0.39 is 28.0 Å². The molecule has 2 aliphatic heterocycles. The maximum Gasteiger partial charge on any atom is 0.277 e. The second-order valence-corrected chi connectivity index (χ2v) is 7.81. The number of alkyl halides is 1. The zero-order valence-electron chi connectivity index (χ0n) is 12.1. The van der Waals surface area contributed by atoms with Crippen LogP contribution < -0.4 is 9.88 Å². The van der Waals surface area contributed by atoms with Crippen molar-refractivity contribution in [2.24, 2.45) is 5.14 Å². The Bertz CT molecular complexity index is 683. The van der Waals surface area contributed by atoms with Crippen LogP contribution >= 0.6 is 11.6 Å². The summed E-state index contributed by atoms with van der Waals surface area (Å²) < 4.78 is 45.6. The molecule has 2 N–H and O–H groups in total. The van der Waals surface area contributed by atoms with Crippen LogP contribution in [0.5, 0.6) is 5.75 Å². The zero-order valence-corrected chi connectivity index (χ0v) is 13.7. The summed E-state index contributed by atoms with van der Waals surface area (Å²) in [5.41, 5.74) is -1.40. The van der Waals surface area contributed by atoms with Gasteiger partial charge in [0.1, 0.15) is 11.4 Å². The summed E-state index contributed by atoms with van der Waals surface area (Å²) in [7, 11) is -2.35. The van der Waals surface area contributed by atoms with Gasteiger partial charge >= 0.3 is 0 Å². The number of hydrogen-bond donors (Lipinski definition) is 1. The second kappa shape index (κ2) is 5.33. The van der Waals surface area contributed by atoms with Gasteiger partial charge in [-0.2, -0.15) is 12.7 Å². The van der Waals surface area contributed by atoms with Crippen molar-refractivity contribution >= 4 is 21.8 Å². The molecular formula is C14H18ClFN2O3S. The van der Waals surface area contributed by atoms with Gasteiger partial charge in [0.15, 0.2) is 0 Å². The molecule has 2 fully saturated rings. The van der Waals surface area contributed by atoms with Crippen LogP contribution in [0, 0.1) is 0 Å². The molecule has 2 atom stereocenters. The molecule has 5 nitrogen and oxygen atoms in total. The largest absolute Gasteiger partial charge is 0.496 e. The molecule has 0 radical (unpaired) electrons. The van der Waals surface area contributed by atoms with Crippen LogP contribution in [0.1, 0.15) is 31.2 Å². The number of nitrogens with two attached hydrogens (primary N) is 1. The number of hydrogen-bond acceptors (Lipinski definition) is 3. The highest BCUT2D eigenvalue weighted by molar-refractivity contribution is 7.86. The van der Waals surface area contributed by atoms with Crippen molar-refractivity contribution in [2.45, 2.75) is 43.4 Å². The van der Waals surface area contributed by atoms with E-state index in [4.69, 9.17) is 21.5 Å². The van der Waals surface area contributed by atoms with Gasteiger partial charge in [-0.05, 0) is 25.0 Å². The molecule has 2 aliphatic rings. The maximum absolute atomic E-state index is 15.7. The number of nitrogens with zero attached hydrogens (tertiary/aromatic N) is 1. The lowest BCUT2D eigenvalue weighted by atomic mass is 9.82. The van der Waals surface area contributed by atoms with Crippen molar-refractivity contribution in [1.29, 1.82) is 0 Å². The van der Waals surface area contributed by atoms with Gasteiger partial charge in [-0.15, -0.1) is 0 Å². The average molecular weight is 349 g/mol. The Kier molecular flexibility index (Phi) is 3.87. The SMILES string of the molecule is COc1cccc(Cl)c1C1(F)CC2CCC(C1)N2S(N)(=O)=O. The van der Waals surface area contributed by atoms with E-state index in [2.05, 4.69) is 0 Å². The molecule has 0 aromatic heterocycles. The monoisotopic (exact) mass is 348 g/mol. The Hall–Kier alpha value is -0.890. The van der Waals surface area contributed by atoms with E-state index >= 15 is 4.39 Å². The van der Waals surface area contributed by atoms with Gasteiger partial charge in [-0.1, -0.05) is 17.7 Å². The minimum absolute atomic E-state index is 0.0417.